The van der Waals surface area contributed by atoms with Crippen LogP contribution in [0.15, 0.2) is 62.0 Å². The van der Waals surface area contributed by atoms with Crippen molar-refractivity contribution in [2.24, 2.45) is 0 Å². The van der Waals surface area contributed by atoms with Gasteiger partial charge in [0.2, 0.25) is 0 Å². The van der Waals surface area contributed by atoms with Crippen LogP contribution in [0.5, 0.6) is 0 Å². The van der Waals surface area contributed by atoms with E-state index in [4.69, 9.17) is 7.53 Å². The van der Waals surface area contributed by atoms with Crippen LogP contribution in [0, 0.1) is 0 Å². The number of fused-ring (bicyclic) bond motifs is 2. The van der Waals surface area contributed by atoms with E-state index in [9.17, 15) is 0 Å². The van der Waals surface area contributed by atoms with Gasteiger partial charge < -0.3 is 0 Å². The Morgan fingerprint density at radius 3 is 1.95 bits per heavy atom. The SMILES string of the molecule is CC[O][Ge]([CH3])([O]CC)[c]1ccc2c(c1)Sc1ccccc1S2. The van der Waals surface area contributed by atoms with Crippen molar-refractivity contribution in [1.82, 2.24) is 0 Å². The third-order valence-corrected chi connectivity index (χ3v) is 12.5. The Kier molecular flexibility index (Phi) is 5.25. The predicted octanol–water partition coefficient (Wildman–Crippen LogP) is 4.65. The average Bonchev–Trinajstić information content (AvgIpc) is 2.53. The summed E-state index contributed by atoms with van der Waals surface area (Å²) in [6.07, 6.45) is 0. The van der Waals surface area contributed by atoms with Crippen LogP contribution in [0.3, 0.4) is 0 Å². The van der Waals surface area contributed by atoms with E-state index in [1.165, 1.54) is 24.0 Å². The van der Waals surface area contributed by atoms with Gasteiger partial charge in [-0.1, -0.05) is 0 Å². The van der Waals surface area contributed by atoms with Crippen molar-refractivity contribution < 1.29 is 7.53 Å². The topological polar surface area (TPSA) is 18.5 Å². The maximum atomic E-state index is 6.07. The Labute approximate surface area is 144 Å². The molecule has 2 aromatic carbocycles. The first-order valence-corrected chi connectivity index (χ1v) is 14.0. The monoisotopic (exact) mass is 394 g/mol. The first-order chi connectivity index (χ1) is 10.7. The fraction of sp³-hybridized carbons (Fsp3) is 0.294. The van der Waals surface area contributed by atoms with Gasteiger partial charge in [0.05, 0.1) is 0 Å². The van der Waals surface area contributed by atoms with Crippen molar-refractivity contribution in [2.75, 3.05) is 13.2 Å². The zero-order valence-electron chi connectivity index (χ0n) is 13.1. The molecule has 22 heavy (non-hydrogen) atoms. The first-order valence-electron chi connectivity index (χ1n) is 7.53. The summed E-state index contributed by atoms with van der Waals surface area (Å²) >= 11 is 0.828. The van der Waals surface area contributed by atoms with Gasteiger partial charge in [-0.15, -0.1) is 0 Å². The normalized spacial score (nSPS) is 13.6. The minimum atomic E-state index is -2.87. The van der Waals surface area contributed by atoms with Gasteiger partial charge in [-0.3, -0.25) is 0 Å². The molecule has 2 aromatic rings. The van der Waals surface area contributed by atoms with Crippen molar-refractivity contribution in [3.63, 3.8) is 0 Å². The second-order valence-electron chi connectivity index (χ2n) is 5.12. The van der Waals surface area contributed by atoms with Gasteiger partial charge in [0.25, 0.3) is 0 Å². The molecule has 1 heterocycles. The van der Waals surface area contributed by atoms with Gasteiger partial charge in [-0.05, 0) is 0 Å². The Morgan fingerprint density at radius 2 is 1.36 bits per heavy atom. The Bertz CT molecular complexity index is 669. The molecule has 0 N–H and O–H groups in total. The van der Waals surface area contributed by atoms with Crippen LogP contribution >= 0.6 is 23.5 Å². The minimum absolute atomic E-state index is 0.707. The molecular weight excluding hydrogens is 373 g/mol. The molecule has 116 valence electrons. The van der Waals surface area contributed by atoms with Crippen LogP contribution in [0.2, 0.25) is 5.76 Å². The number of hydrogen-bond donors (Lipinski definition) is 0. The molecule has 0 atom stereocenters. The summed E-state index contributed by atoms with van der Waals surface area (Å²) in [6, 6.07) is 15.3. The summed E-state index contributed by atoms with van der Waals surface area (Å²) in [5.41, 5.74) is 0. The molecule has 0 fully saturated rings. The molecule has 0 saturated carbocycles. The number of hydrogen-bond acceptors (Lipinski definition) is 4. The summed E-state index contributed by atoms with van der Waals surface area (Å²) < 4.78 is 13.4. The molecule has 0 amide bonds. The molecular formula is C17H20GeO2S2. The van der Waals surface area contributed by atoms with Crippen LogP contribution in [0.4, 0.5) is 0 Å². The van der Waals surface area contributed by atoms with Crippen molar-refractivity contribution in [2.45, 2.75) is 39.2 Å². The molecule has 0 spiro atoms. The molecule has 0 aromatic heterocycles. The Hall–Kier alpha value is -0.397. The zero-order valence-corrected chi connectivity index (χ0v) is 16.8. The number of rotatable bonds is 5. The Balaban J connectivity index is 1.95. The van der Waals surface area contributed by atoms with Gasteiger partial charge >= 0.3 is 144 Å². The third-order valence-electron chi connectivity index (χ3n) is 3.60. The molecule has 2 nitrogen and oxygen atoms in total. The third kappa shape index (κ3) is 3.26. The quantitative estimate of drug-likeness (QED) is 0.588. The van der Waals surface area contributed by atoms with Gasteiger partial charge in [0.15, 0.2) is 0 Å². The second kappa shape index (κ2) is 7.01. The molecule has 5 heteroatoms. The summed E-state index contributed by atoms with van der Waals surface area (Å²) in [5, 5.41) is 0. The predicted molar refractivity (Wildman–Crippen MR) is 95.6 cm³/mol. The van der Waals surface area contributed by atoms with E-state index in [2.05, 4.69) is 48.2 Å². The summed E-state index contributed by atoms with van der Waals surface area (Å²) in [4.78, 5) is 5.31. The molecule has 0 radical (unpaired) electrons. The molecule has 0 aliphatic carbocycles. The molecule has 0 unspecified atom stereocenters. The summed E-state index contributed by atoms with van der Waals surface area (Å²) in [5.74, 6) is 2.18. The maximum absolute atomic E-state index is 6.07. The van der Waals surface area contributed by atoms with Crippen molar-refractivity contribution in [3.8, 4) is 0 Å². The van der Waals surface area contributed by atoms with Crippen molar-refractivity contribution in [1.29, 1.82) is 0 Å². The van der Waals surface area contributed by atoms with E-state index >= 15 is 0 Å². The van der Waals surface area contributed by atoms with Crippen LogP contribution in [0.1, 0.15) is 13.8 Å². The number of benzene rings is 2. The summed E-state index contributed by atoms with van der Waals surface area (Å²) in [6.45, 7) is 5.50. The van der Waals surface area contributed by atoms with Crippen LogP contribution < -0.4 is 4.40 Å². The van der Waals surface area contributed by atoms with E-state index in [0.717, 1.165) is 0 Å². The molecule has 0 saturated heterocycles. The van der Waals surface area contributed by atoms with Crippen molar-refractivity contribution >= 4 is 41.9 Å². The van der Waals surface area contributed by atoms with Crippen molar-refractivity contribution in [3.05, 3.63) is 42.5 Å². The molecule has 1 aliphatic rings. The van der Waals surface area contributed by atoms with Crippen LogP contribution in [-0.2, 0) is 7.53 Å². The molecule has 3 rings (SSSR count). The standard InChI is InChI=1S/C17H20GeO2S2/c1-4-19-18(3,20-5-2)13-10-11-16-17(12-13)22-15-9-7-6-8-14(15)21-16/h6-12H,4-5H2,1-3H3. The van der Waals surface area contributed by atoms with Gasteiger partial charge in [0.1, 0.15) is 0 Å². The molecule has 0 bridgehead atoms. The van der Waals surface area contributed by atoms with Crippen LogP contribution in [-0.4, -0.2) is 27.2 Å². The van der Waals surface area contributed by atoms with E-state index in [1.807, 2.05) is 37.4 Å². The average molecular weight is 393 g/mol. The van der Waals surface area contributed by atoms with Gasteiger partial charge in [-0.25, -0.2) is 0 Å². The van der Waals surface area contributed by atoms with Gasteiger partial charge in [0, 0.05) is 0 Å². The van der Waals surface area contributed by atoms with Gasteiger partial charge in [-0.2, -0.15) is 0 Å². The van der Waals surface area contributed by atoms with E-state index in [1.54, 1.807) is 0 Å². The fourth-order valence-corrected chi connectivity index (χ4v) is 9.89. The fourth-order valence-electron chi connectivity index (χ4n) is 2.57. The van der Waals surface area contributed by atoms with E-state index in [0.29, 0.717) is 13.2 Å². The zero-order chi connectivity index (χ0) is 15.6. The van der Waals surface area contributed by atoms with E-state index in [-0.39, 0.29) is 0 Å². The molecule has 1 aliphatic heterocycles. The van der Waals surface area contributed by atoms with Crippen LogP contribution in [0.25, 0.3) is 0 Å². The first kappa shape index (κ1) is 16.5. The second-order valence-corrected chi connectivity index (χ2v) is 13.7. The summed E-state index contributed by atoms with van der Waals surface area (Å²) in [7, 11) is 0. The van der Waals surface area contributed by atoms with E-state index < -0.39 is 13.9 Å². The Morgan fingerprint density at radius 1 is 0.818 bits per heavy atom.